The van der Waals surface area contributed by atoms with Crippen LogP contribution in [0.3, 0.4) is 0 Å². The van der Waals surface area contributed by atoms with E-state index in [1.165, 1.54) is 11.5 Å². The highest BCUT2D eigenvalue weighted by Gasteiger charge is 2.41. The standard InChI is InChI=1S/C12H19N3O2S/c1-2-4-10-13-11(18-14-10)15-6-3-5-12(9-15)16-7-8-17-12/h2-9H2,1H3. The minimum atomic E-state index is -0.380. The third-order valence-electron chi connectivity index (χ3n) is 3.43. The summed E-state index contributed by atoms with van der Waals surface area (Å²) in [4.78, 5) is 6.86. The van der Waals surface area contributed by atoms with E-state index in [9.17, 15) is 0 Å². The van der Waals surface area contributed by atoms with Crippen LogP contribution in [0.5, 0.6) is 0 Å². The predicted octanol–water partition coefficient (Wildman–Crippen LogP) is 1.83. The highest BCUT2D eigenvalue weighted by Crippen LogP contribution is 2.33. The Morgan fingerprint density at radius 1 is 1.39 bits per heavy atom. The maximum Gasteiger partial charge on any atom is 0.205 e. The van der Waals surface area contributed by atoms with Gasteiger partial charge in [-0.3, -0.25) is 0 Å². The van der Waals surface area contributed by atoms with Gasteiger partial charge in [0.1, 0.15) is 5.82 Å². The van der Waals surface area contributed by atoms with Crippen LogP contribution in [0.25, 0.3) is 0 Å². The molecule has 2 saturated heterocycles. The van der Waals surface area contributed by atoms with Gasteiger partial charge >= 0.3 is 0 Å². The molecule has 0 aromatic carbocycles. The molecule has 1 aromatic rings. The van der Waals surface area contributed by atoms with Gasteiger partial charge in [0.15, 0.2) is 5.79 Å². The zero-order valence-electron chi connectivity index (χ0n) is 10.7. The Bertz CT molecular complexity index is 404. The smallest absolute Gasteiger partial charge is 0.205 e. The van der Waals surface area contributed by atoms with Gasteiger partial charge in [-0.15, -0.1) is 0 Å². The van der Waals surface area contributed by atoms with Crippen molar-refractivity contribution in [2.24, 2.45) is 0 Å². The van der Waals surface area contributed by atoms with E-state index < -0.39 is 0 Å². The molecule has 0 atom stereocenters. The molecule has 3 heterocycles. The van der Waals surface area contributed by atoms with Crippen LogP contribution < -0.4 is 4.90 Å². The Labute approximate surface area is 111 Å². The largest absolute Gasteiger partial charge is 0.346 e. The van der Waals surface area contributed by atoms with E-state index >= 15 is 0 Å². The number of hydrogen-bond donors (Lipinski definition) is 0. The second-order valence-electron chi connectivity index (χ2n) is 4.88. The van der Waals surface area contributed by atoms with Crippen LogP contribution in [-0.2, 0) is 15.9 Å². The molecule has 0 N–H and O–H groups in total. The lowest BCUT2D eigenvalue weighted by atomic mass is 10.1. The molecule has 0 bridgehead atoms. The summed E-state index contributed by atoms with van der Waals surface area (Å²) in [5, 5.41) is 1.01. The number of anilines is 1. The Morgan fingerprint density at radius 2 is 2.22 bits per heavy atom. The molecular formula is C12H19N3O2S. The molecule has 3 rings (SSSR count). The zero-order valence-corrected chi connectivity index (χ0v) is 11.5. The fourth-order valence-corrected chi connectivity index (χ4v) is 3.32. The molecule has 5 nitrogen and oxygen atoms in total. The van der Waals surface area contributed by atoms with E-state index in [1.54, 1.807) is 0 Å². The quantitative estimate of drug-likeness (QED) is 0.838. The van der Waals surface area contributed by atoms with Crippen LogP contribution in [0.2, 0.25) is 0 Å². The van der Waals surface area contributed by atoms with Gasteiger partial charge in [-0.05, 0) is 12.8 Å². The number of hydrogen-bond acceptors (Lipinski definition) is 6. The normalized spacial score (nSPS) is 22.8. The molecule has 6 heteroatoms. The monoisotopic (exact) mass is 269 g/mol. The maximum atomic E-state index is 5.78. The third-order valence-corrected chi connectivity index (χ3v) is 4.25. The molecule has 0 radical (unpaired) electrons. The summed E-state index contributed by atoms with van der Waals surface area (Å²) in [6.45, 7) is 5.38. The number of ether oxygens (including phenoxy) is 2. The Balaban J connectivity index is 1.71. The van der Waals surface area contributed by atoms with Gasteiger partial charge in [0, 0.05) is 30.9 Å². The second-order valence-corrected chi connectivity index (χ2v) is 5.61. The van der Waals surface area contributed by atoms with Crippen molar-refractivity contribution >= 4 is 16.7 Å². The topological polar surface area (TPSA) is 47.5 Å². The van der Waals surface area contributed by atoms with Crippen molar-refractivity contribution in [3.8, 4) is 0 Å². The van der Waals surface area contributed by atoms with Crippen LogP contribution in [0.15, 0.2) is 0 Å². The van der Waals surface area contributed by atoms with E-state index in [0.717, 1.165) is 49.7 Å². The first kappa shape index (κ1) is 12.3. The minimum Gasteiger partial charge on any atom is -0.346 e. The van der Waals surface area contributed by atoms with Gasteiger partial charge in [0.2, 0.25) is 5.13 Å². The molecule has 2 aliphatic heterocycles. The van der Waals surface area contributed by atoms with Crippen molar-refractivity contribution < 1.29 is 9.47 Å². The van der Waals surface area contributed by atoms with Crippen molar-refractivity contribution in [2.45, 2.75) is 38.4 Å². The third kappa shape index (κ3) is 2.37. The van der Waals surface area contributed by atoms with E-state index in [0.29, 0.717) is 13.2 Å². The van der Waals surface area contributed by atoms with Gasteiger partial charge in [-0.2, -0.15) is 4.37 Å². The van der Waals surface area contributed by atoms with Crippen molar-refractivity contribution in [3.05, 3.63) is 5.82 Å². The van der Waals surface area contributed by atoms with Crippen molar-refractivity contribution in [2.75, 3.05) is 31.2 Å². The fourth-order valence-electron chi connectivity index (χ4n) is 2.58. The van der Waals surface area contributed by atoms with Crippen molar-refractivity contribution in [1.29, 1.82) is 0 Å². The number of aromatic nitrogens is 2. The Morgan fingerprint density at radius 3 is 3.00 bits per heavy atom. The number of rotatable bonds is 3. The molecule has 0 unspecified atom stereocenters. The van der Waals surface area contributed by atoms with Crippen molar-refractivity contribution in [3.63, 3.8) is 0 Å². The summed E-state index contributed by atoms with van der Waals surface area (Å²) >= 11 is 1.49. The molecule has 100 valence electrons. The first-order valence-corrected chi connectivity index (χ1v) is 7.44. The van der Waals surface area contributed by atoms with E-state index in [4.69, 9.17) is 9.47 Å². The molecule has 0 amide bonds. The molecule has 2 fully saturated rings. The average Bonchev–Trinajstić information content (AvgIpc) is 3.00. The number of nitrogens with zero attached hydrogens (tertiary/aromatic N) is 3. The predicted molar refractivity (Wildman–Crippen MR) is 70.0 cm³/mol. The van der Waals surface area contributed by atoms with E-state index in [-0.39, 0.29) is 5.79 Å². The highest BCUT2D eigenvalue weighted by atomic mass is 32.1. The van der Waals surface area contributed by atoms with Gasteiger partial charge in [0.05, 0.1) is 19.8 Å². The second kappa shape index (κ2) is 5.11. The summed E-state index contributed by atoms with van der Waals surface area (Å²) in [6, 6.07) is 0. The Hall–Kier alpha value is -0.720. The van der Waals surface area contributed by atoms with Crippen LogP contribution in [0.4, 0.5) is 5.13 Å². The molecular weight excluding hydrogens is 250 g/mol. The first-order valence-electron chi connectivity index (χ1n) is 6.67. The lowest BCUT2D eigenvalue weighted by Crippen LogP contribution is -2.49. The summed E-state index contributed by atoms with van der Waals surface area (Å²) in [5.41, 5.74) is 0. The summed E-state index contributed by atoms with van der Waals surface area (Å²) in [5.74, 6) is 0.583. The van der Waals surface area contributed by atoms with Gasteiger partial charge in [0.25, 0.3) is 0 Å². The van der Waals surface area contributed by atoms with Gasteiger partial charge in [-0.25, -0.2) is 4.98 Å². The van der Waals surface area contributed by atoms with Gasteiger partial charge < -0.3 is 14.4 Å². The van der Waals surface area contributed by atoms with E-state index in [1.807, 2.05) is 0 Å². The highest BCUT2D eigenvalue weighted by molar-refractivity contribution is 7.09. The molecule has 1 aromatic heterocycles. The maximum absolute atomic E-state index is 5.78. The molecule has 18 heavy (non-hydrogen) atoms. The van der Waals surface area contributed by atoms with Crippen molar-refractivity contribution in [1.82, 2.24) is 9.36 Å². The minimum absolute atomic E-state index is 0.380. The Kier molecular flexibility index (Phi) is 3.50. The first-order chi connectivity index (χ1) is 8.81. The molecule has 0 aliphatic carbocycles. The fraction of sp³-hybridized carbons (Fsp3) is 0.833. The van der Waals surface area contributed by atoms with Crippen LogP contribution in [-0.4, -0.2) is 41.4 Å². The summed E-state index contributed by atoms with van der Waals surface area (Å²) in [6.07, 6.45) is 4.13. The average molecular weight is 269 g/mol. The van der Waals surface area contributed by atoms with Crippen LogP contribution in [0.1, 0.15) is 32.0 Å². The summed E-state index contributed by atoms with van der Waals surface area (Å²) in [7, 11) is 0. The lowest BCUT2D eigenvalue weighted by Gasteiger charge is -2.38. The SMILES string of the molecule is CCCc1nsc(N2CCCC3(C2)OCCO3)n1. The molecule has 2 aliphatic rings. The summed E-state index contributed by atoms with van der Waals surface area (Å²) < 4.78 is 16.0. The lowest BCUT2D eigenvalue weighted by molar-refractivity contribution is -0.161. The number of aryl methyl sites for hydroxylation is 1. The zero-order chi connectivity index (χ0) is 12.4. The number of piperidine rings is 1. The van der Waals surface area contributed by atoms with E-state index in [2.05, 4.69) is 21.2 Å². The molecule has 1 spiro atoms. The van der Waals surface area contributed by atoms with Gasteiger partial charge in [-0.1, -0.05) is 6.92 Å². The van der Waals surface area contributed by atoms with Crippen LogP contribution in [0, 0.1) is 0 Å². The molecule has 0 saturated carbocycles. The van der Waals surface area contributed by atoms with Crippen LogP contribution >= 0.6 is 11.5 Å².